The van der Waals surface area contributed by atoms with E-state index in [-0.39, 0.29) is 29.6 Å². The van der Waals surface area contributed by atoms with Crippen molar-refractivity contribution in [2.45, 2.75) is 103 Å². The number of halogens is 4. The maximum Gasteiger partial charge on any atom is 0.167 e. The van der Waals surface area contributed by atoms with Gasteiger partial charge in [0.15, 0.2) is 23.3 Å². The largest absolute Gasteiger partial charge is 0.373 e. The average molecular weight is 515 g/mol. The second kappa shape index (κ2) is 11.3. The van der Waals surface area contributed by atoms with Crippen LogP contribution in [-0.4, -0.2) is 12.7 Å². The summed E-state index contributed by atoms with van der Waals surface area (Å²) in [7, 11) is 0. The van der Waals surface area contributed by atoms with Crippen LogP contribution in [0.3, 0.4) is 0 Å². The second-order valence-corrected chi connectivity index (χ2v) is 11.3. The van der Waals surface area contributed by atoms with Gasteiger partial charge < -0.3 is 4.74 Å². The predicted molar refractivity (Wildman–Crippen MR) is 140 cm³/mol. The highest BCUT2D eigenvalue weighted by molar-refractivity contribution is 5.79. The van der Waals surface area contributed by atoms with E-state index in [1.54, 1.807) is 12.1 Å². The molecule has 1 aliphatic heterocycles. The fraction of sp³-hybridized carbons (Fsp3) is 0.562. The van der Waals surface area contributed by atoms with E-state index in [9.17, 15) is 8.78 Å². The van der Waals surface area contributed by atoms with Crippen LogP contribution in [0.4, 0.5) is 17.6 Å². The smallest absolute Gasteiger partial charge is 0.167 e. The first-order chi connectivity index (χ1) is 17.9. The molecule has 0 spiro atoms. The summed E-state index contributed by atoms with van der Waals surface area (Å²) in [5.41, 5.74) is 2.78. The standard InChI is InChI=1S/C32H38F4O/c1-3-5-6-8-19-9-11-20(12-10-19)26-14-13-22(18-37-26)25-17-24-16-23-15-21(7-4-2)29(33)31(35)27(23)28(24)32(36)30(25)34/h11,15,17,19,22,26H,3-10,12-14,16,18H2,1-2H3. The van der Waals surface area contributed by atoms with E-state index in [0.29, 0.717) is 48.1 Å². The van der Waals surface area contributed by atoms with Crippen LogP contribution in [0.2, 0.25) is 0 Å². The molecule has 0 saturated carbocycles. The summed E-state index contributed by atoms with van der Waals surface area (Å²) < 4.78 is 66.5. The maximum absolute atomic E-state index is 15.4. The molecule has 5 rings (SSSR count). The number of aryl methyl sites for hydroxylation is 1. The number of hydrogen-bond acceptors (Lipinski definition) is 1. The molecule has 2 aliphatic carbocycles. The molecule has 3 atom stereocenters. The number of rotatable bonds is 8. The zero-order valence-corrected chi connectivity index (χ0v) is 22.1. The highest BCUT2D eigenvalue weighted by Crippen LogP contribution is 2.45. The zero-order valence-electron chi connectivity index (χ0n) is 22.1. The molecule has 0 bridgehead atoms. The molecule has 1 nitrogen and oxygen atoms in total. The molecular formula is C32H38F4O. The second-order valence-electron chi connectivity index (χ2n) is 11.3. The molecule has 5 heteroatoms. The first-order valence-electron chi connectivity index (χ1n) is 14.2. The predicted octanol–water partition coefficient (Wildman–Crippen LogP) is 9.34. The van der Waals surface area contributed by atoms with Crippen LogP contribution >= 0.6 is 0 Å². The number of ether oxygens (including phenoxy) is 1. The van der Waals surface area contributed by atoms with Crippen molar-refractivity contribution >= 4 is 0 Å². The maximum atomic E-state index is 15.4. The van der Waals surface area contributed by atoms with Crippen molar-refractivity contribution in [1.82, 2.24) is 0 Å². The highest BCUT2D eigenvalue weighted by atomic mass is 19.2. The first kappa shape index (κ1) is 26.5. The van der Waals surface area contributed by atoms with E-state index < -0.39 is 23.3 Å². The third kappa shape index (κ3) is 5.13. The van der Waals surface area contributed by atoms with Gasteiger partial charge in [0.05, 0.1) is 12.7 Å². The van der Waals surface area contributed by atoms with Crippen molar-refractivity contribution in [2.24, 2.45) is 5.92 Å². The lowest BCUT2D eigenvalue weighted by Gasteiger charge is -2.33. The van der Waals surface area contributed by atoms with E-state index in [2.05, 4.69) is 13.0 Å². The Hall–Kier alpha value is -2.14. The van der Waals surface area contributed by atoms with E-state index in [1.165, 1.54) is 37.7 Å². The van der Waals surface area contributed by atoms with Crippen LogP contribution in [0.5, 0.6) is 0 Å². The molecule has 3 unspecified atom stereocenters. The minimum Gasteiger partial charge on any atom is -0.373 e. The van der Waals surface area contributed by atoms with E-state index in [4.69, 9.17) is 4.74 Å². The van der Waals surface area contributed by atoms with Crippen molar-refractivity contribution in [3.63, 3.8) is 0 Å². The van der Waals surface area contributed by atoms with Crippen LogP contribution in [0.25, 0.3) is 11.1 Å². The Kier molecular flexibility index (Phi) is 8.09. The molecule has 1 fully saturated rings. The fourth-order valence-electron chi connectivity index (χ4n) is 6.65. The number of hydrogen-bond donors (Lipinski definition) is 0. The summed E-state index contributed by atoms with van der Waals surface area (Å²) in [6, 6.07) is 3.29. The molecule has 0 N–H and O–H groups in total. The monoisotopic (exact) mass is 514 g/mol. The summed E-state index contributed by atoms with van der Waals surface area (Å²) in [5, 5.41) is 0. The number of fused-ring (bicyclic) bond motifs is 3. The van der Waals surface area contributed by atoms with Gasteiger partial charge in [0, 0.05) is 17.0 Å². The van der Waals surface area contributed by atoms with Gasteiger partial charge in [-0.25, -0.2) is 17.6 Å². The van der Waals surface area contributed by atoms with E-state index >= 15 is 8.78 Å². The van der Waals surface area contributed by atoms with Gasteiger partial charge in [-0.15, -0.1) is 0 Å². The topological polar surface area (TPSA) is 9.23 Å². The van der Waals surface area contributed by atoms with Crippen molar-refractivity contribution in [1.29, 1.82) is 0 Å². The molecule has 0 aromatic heterocycles. The number of benzene rings is 2. The van der Waals surface area contributed by atoms with Crippen LogP contribution in [0.15, 0.2) is 23.8 Å². The molecule has 37 heavy (non-hydrogen) atoms. The van der Waals surface area contributed by atoms with Crippen LogP contribution < -0.4 is 0 Å². The molecule has 1 heterocycles. The average Bonchev–Trinajstić information content (AvgIpc) is 3.28. The summed E-state index contributed by atoms with van der Waals surface area (Å²) in [6.45, 7) is 4.47. The summed E-state index contributed by atoms with van der Waals surface area (Å²) in [4.78, 5) is 0. The zero-order chi connectivity index (χ0) is 26.1. The Morgan fingerprint density at radius 2 is 1.59 bits per heavy atom. The van der Waals surface area contributed by atoms with Crippen molar-refractivity contribution in [3.05, 3.63) is 69.3 Å². The molecule has 200 valence electrons. The lowest BCUT2D eigenvalue weighted by atomic mass is 9.81. The molecular weight excluding hydrogens is 476 g/mol. The molecule has 3 aliphatic rings. The van der Waals surface area contributed by atoms with Crippen molar-refractivity contribution < 1.29 is 22.3 Å². The third-order valence-corrected chi connectivity index (χ3v) is 8.73. The SMILES string of the molecule is CCCCCC1CC=C(C2CCC(c3cc4c(c(F)c3F)-c3c(cc(CCC)c(F)c3F)C4)CO2)CC1. The Morgan fingerprint density at radius 3 is 2.24 bits per heavy atom. The third-order valence-electron chi connectivity index (χ3n) is 8.73. The fourth-order valence-corrected chi connectivity index (χ4v) is 6.65. The molecule has 1 saturated heterocycles. The minimum absolute atomic E-state index is 0.0634. The lowest BCUT2D eigenvalue weighted by Crippen LogP contribution is -2.28. The van der Waals surface area contributed by atoms with E-state index in [0.717, 1.165) is 25.2 Å². The van der Waals surface area contributed by atoms with Gasteiger partial charge in [-0.2, -0.15) is 0 Å². The highest BCUT2D eigenvalue weighted by Gasteiger charge is 2.35. The van der Waals surface area contributed by atoms with Gasteiger partial charge in [-0.3, -0.25) is 0 Å². The van der Waals surface area contributed by atoms with Gasteiger partial charge in [0.1, 0.15) is 0 Å². The lowest BCUT2D eigenvalue weighted by molar-refractivity contribution is 0.0216. The van der Waals surface area contributed by atoms with Gasteiger partial charge in [0.2, 0.25) is 0 Å². The number of allylic oxidation sites excluding steroid dienone is 1. The Balaban J connectivity index is 1.29. The van der Waals surface area contributed by atoms with Gasteiger partial charge >= 0.3 is 0 Å². The molecule has 2 aromatic carbocycles. The molecule has 0 radical (unpaired) electrons. The van der Waals surface area contributed by atoms with Crippen LogP contribution in [0, 0.1) is 29.2 Å². The van der Waals surface area contributed by atoms with E-state index in [1.807, 2.05) is 6.92 Å². The first-order valence-corrected chi connectivity index (χ1v) is 14.2. The summed E-state index contributed by atoms with van der Waals surface area (Å²) in [6.07, 6.45) is 13.8. The number of unbranched alkanes of at least 4 members (excludes halogenated alkanes) is 2. The summed E-state index contributed by atoms with van der Waals surface area (Å²) in [5.74, 6) is -3.52. The van der Waals surface area contributed by atoms with Gasteiger partial charge in [-0.1, -0.05) is 64.2 Å². The van der Waals surface area contributed by atoms with Crippen molar-refractivity contribution in [3.8, 4) is 11.1 Å². The Bertz CT molecular complexity index is 1180. The van der Waals surface area contributed by atoms with Crippen LogP contribution in [-0.2, 0) is 17.6 Å². The van der Waals surface area contributed by atoms with Gasteiger partial charge in [-0.05, 0) is 78.7 Å². The minimum atomic E-state index is -1.07. The molecule has 2 aromatic rings. The molecule has 0 amide bonds. The quantitative estimate of drug-likeness (QED) is 0.165. The van der Waals surface area contributed by atoms with Gasteiger partial charge in [0.25, 0.3) is 0 Å². The normalized spacial score (nSPS) is 23.1. The summed E-state index contributed by atoms with van der Waals surface area (Å²) >= 11 is 0. The van der Waals surface area contributed by atoms with Crippen molar-refractivity contribution in [2.75, 3.05) is 6.61 Å². The van der Waals surface area contributed by atoms with Crippen LogP contribution in [0.1, 0.15) is 106 Å². The Morgan fingerprint density at radius 1 is 0.838 bits per heavy atom. The Labute approximate surface area is 218 Å².